The molecule has 1 heterocycles. The molecule has 0 fully saturated rings. The van der Waals surface area contributed by atoms with Gasteiger partial charge in [0.2, 0.25) is 5.91 Å². The number of nitrogens with zero attached hydrogens (tertiary/aromatic N) is 1. The number of amides is 1. The molecule has 16 heavy (non-hydrogen) atoms. The maximum Gasteiger partial charge on any atom is 0.223 e. The maximum absolute atomic E-state index is 11.4. The predicted octanol–water partition coefficient (Wildman–Crippen LogP) is 2.01. The Hall–Kier alpha value is -1.35. The topological polar surface area (TPSA) is 46.3 Å². The van der Waals surface area contributed by atoms with Crippen molar-refractivity contribution in [2.45, 2.75) is 32.7 Å². The van der Waals surface area contributed by atoms with E-state index < -0.39 is 0 Å². The van der Waals surface area contributed by atoms with Gasteiger partial charge < -0.3 is 10.6 Å². The van der Waals surface area contributed by atoms with E-state index in [1.165, 1.54) is 11.1 Å². The van der Waals surface area contributed by atoms with Crippen LogP contribution in [-0.2, 0) is 11.2 Å². The Morgan fingerprint density at radius 2 is 2.31 bits per heavy atom. The molecule has 0 radical (unpaired) electrons. The molecule has 0 bridgehead atoms. The summed E-state index contributed by atoms with van der Waals surface area (Å²) >= 11 is 0. The van der Waals surface area contributed by atoms with Crippen molar-refractivity contribution in [3.63, 3.8) is 0 Å². The smallest absolute Gasteiger partial charge is 0.223 e. The van der Waals surface area contributed by atoms with E-state index in [4.69, 9.17) is 5.73 Å². The first-order valence-corrected chi connectivity index (χ1v) is 5.80. The monoisotopic (exact) mass is 218 g/mol. The average molecular weight is 218 g/mol. The Labute approximate surface area is 96.2 Å². The lowest BCUT2D eigenvalue weighted by molar-refractivity contribution is -0.116. The van der Waals surface area contributed by atoms with Gasteiger partial charge in [-0.3, -0.25) is 4.79 Å². The third kappa shape index (κ3) is 1.83. The van der Waals surface area contributed by atoms with Gasteiger partial charge >= 0.3 is 0 Å². The summed E-state index contributed by atoms with van der Waals surface area (Å²) in [6.45, 7) is 4.50. The fourth-order valence-corrected chi connectivity index (χ4v) is 2.22. The molecular formula is C13H18N2O. The predicted molar refractivity (Wildman–Crippen MR) is 65.4 cm³/mol. The van der Waals surface area contributed by atoms with Crippen LogP contribution in [0.3, 0.4) is 0 Å². The van der Waals surface area contributed by atoms with Gasteiger partial charge in [0.05, 0.1) is 0 Å². The number of hydrogen-bond donors (Lipinski definition) is 1. The molecule has 3 nitrogen and oxygen atoms in total. The van der Waals surface area contributed by atoms with Gasteiger partial charge in [-0.1, -0.05) is 19.1 Å². The molecule has 1 unspecified atom stereocenters. The minimum absolute atomic E-state index is 0.108. The van der Waals surface area contributed by atoms with Crippen molar-refractivity contribution < 1.29 is 4.79 Å². The maximum atomic E-state index is 11.4. The number of carbonyl (C=O) groups excluding carboxylic acids is 1. The average Bonchev–Trinajstić information content (AvgIpc) is 2.70. The van der Waals surface area contributed by atoms with Crippen LogP contribution in [0.25, 0.3) is 0 Å². The second kappa shape index (κ2) is 4.26. The van der Waals surface area contributed by atoms with Crippen LogP contribution in [0.15, 0.2) is 18.2 Å². The van der Waals surface area contributed by atoms with Gasteiger partial charge in [0.15, 0.2) is 0 Å². The Balaban J connectivity index is 2.32. The summed E-state index contributed by atoms with van der Waals surface area (Å²) in [5.41, 5.74) is 9.48. The molecule has 1 aromatic carbocycles. The first-order valence-electron chi connectivity index (χ1n) is 5.80. The number of rotatable bonds is 2. The Morgan fingerprint density at radius 3 is 2.94 bits per heavy atom. The third-order valence-electron chi connectivity index (χ3n) is 3.25. The van der Waals surface area contributed by atoms with Crippen molar-refractivity contribution in [2.24, 2.45) is 5.73 Å². The largest absolute Gasteiger partial charge is 0.324 e. The molecular weight excluding hydrogens is 200 g/mol. The number of hydrogen-bond acceptors (Lipinski definition) is 2. The number of nitrogens with two attached hydrogens (primary N) is 1. The van der Waals surface area contributed by atoms with E-state index in [1.807, 2.05) is 17.0 Å². The normalized spacial score (nSPS) is 16.1. The van der Waals surface area contributed by atoms with E-state index in [9.17, 15) is 4.79 Å². The van der Waals surface area contributed by atoms with Crippen LogP contribution >= 0.6 is 0 Å². The van der Waals surface area contributed by atoms with Crippen LogP contribution < -0.4 is 10.6 Å². The summed E-state index contributed by atoms with van der Waals surface area (Å²) in [6, 6.07) is 6.31. The lowest BCUT2D eigenvalue weighted by Gasteiger charge is -2.16. The van der Waals surface area contributed by atoms with E-state index in [0.717, 1.165) is 25.1 Å². The van der Waals surface area contributed by atoms with Crippen molar-refractivity contribution in [3.8, 4) is 0 Å². The standard InChI is InChI=1S/C13H18N2O/c1-3-12(14)10-4-5-13-11(8-10)6-7-15(13)9(2)16/h4-5,8,12H,3,6-7,14H2,1-2H3. The minimum atomic E-state index is 0.108. The summed E-state index contributed by atoms with van der Waals surface area (Å²) in [5.74, 6) is 0.117. The van der Waals surface area contributed by atoms with Crippen LogP contribution in [0.2, 0.25) is 0 Å². The molecule has 1 aliphatic rings. The number of fused-ring (bicyclic) bond motifs is 1. The van der Waals surface area contributed by atoms with Crippen LogP contribution in [0.4, 0.5) is 5.69 Å². The Morgan fingerprint density at radius 1 is 1.56 bits per heavy atom. The molecule has 0 spiro atoms. The fraction of sp³-hybridized carbons (Fsp3) is 0.462. The molecule has 0 aliphatic carbocycles. The van der Waals surface area contributed by atoms with Crippen molar-refractivity contribution in [3.05, 3.63) is 29.3 Å². The zero-order valence-corrected chi connectivity index (χ0v) is 9.86. The molecule has 2 rings (SSSR count). The van der Waals surface area contributed by atoms with E-state index >= 15 is 0 Å². The van der Waals surface area contributed by atoms with Gasteiger partial charge in [0, 0.05) is 25.2 Å². The van der Waals surface area contributed by atoms with Crippen molar-refractivity contribution in [1.82, 2.24) is 0 Å². The van der Waals surface area contributed by atoms with Crippen LogP contribution in [0.1, 0.15) is 37.4 Å². The molecule has 1 amide bonds. The molecule has 1 aliphatic heterocycles. The summed E-state index contributed by atoms with van der Waals surface area (Å²) in [5, 5.41) is 0. The van der Waals surface area contributed by atoms with Gasteiger partial charge in [-0.25, -0.2) is 0 Å². The Bertz CT molecular complexity index is 414. The highest BCUT2D eigenvalue weighted by atomic mass is 16.2. The van der Waals surface area contributed by atoms with E-state index in [1.54, 1.807) is 6.92 Å². The first kappa shape index (κ1) is 11.1. The molecule has 2 N–H and O–H groups in total. The van der Waals surface area contributed by atoms with Crippen molar-refractivity contribution >= 4 is 11.6 Å². The number of carbonyl (C=O) groups is 1. The molecule has 0 saturated heterocycles. The van der Waals surface area contributed by atoms with Gasteiger partial charge in [0.1, 0.15) is 0 Å². The zero-order chi connectivity index (χ0) is 11.7. The van der Waals surface area contributed by atoms with E-state index in [2.05, 4.69) is 13.0 Å². The summed E-state index contributed by atoms with van der Waals surface area (Å²) in [4.78, 5) is 13.2. The molecule has 3 heteroatoms. The minimum Gasteiger partial charge on any atom is -0.324 e. The molecule has 0 saturated carbocycles. The number of anilines is 1. The summed E-state index contributed by atoms with van der Waals surface area (Å²) in [6.07, 6.45) is 1.88. The lowest BCUT2D eigenvalue weighted by atomic mass is 10.0. The molecule has 1 aromatic rings. The van der Waals surface area contributed by atoms with E-state index in [0.29, 0.717) is 0 Å². The second-order valence-electron chi connectivity index (χ2n) is 4.32. The highest BCUT2D eigenvalue weighted by Crippen LogP contribution is 2.30. The summed E-state index contributed by atoms with van der Waals surface area (Å²) in [7, 11) is 0. The van der Waals surface area contributed by atoms with Crippen molar-refractivity contribution in [2.75, 3.05) is 11.4 Å². The Kier molecular flexibility index (Phi) is 2.97. The van der Waals surface area contributed by atoms with Crippen LogP contribution in [0, 0.1) is 0 Å². The SMILES string of the molecule is CCC(N)c1ccc2c(c1)CCN2C(C)=O. The van der Waals surface area contributed by atoms with E-state index in [-0.39, 0.29) is 11.9 Å². The van der Waals surface area contributed by atoms with Crippen LogP contribution in [0.5, 0.6) is 0 Å². The quantitative estimate of drug-likeness (QED) is 0.825. The summed E-state index contributed by atoms with van der Waals surface area (Å²) < 4.78 is 0. The third-order valence-corrected chi connectivity index (χ3v) is 3.25. The van der Waals surface area contributed by atoms with Crippen LogP contribution in [-0.4, -0.2) is 12.5 Å². The fourth-order valence-electron chi connectivity index (χ4n) is 2.22. The number of benzene rings is 1. The first-order chi connectivity index (χ1) is 7.63. The lowest BCUT2D eigenvalue weighted by Crippen LogP contribution is -2.25. The highest BCUT2D eigenvalue weighted by Gasteiger charge is 2.22. The zero-order valence-electron chi connectivity index (χ0n) is 9.86. The molecule has 86 valence electrons. The van der Waals surface area contributed by atoms with Gasteiger partial charge in [0.25, 0.3) is 0 Å². The highest BCUT2D eigenvalue weighted by molar-refractivity contribution is 5.93. The molecule has 0 aromatic heterocycles. The second-order valence-corrected chi connectivity index (χ2v) is 4.32. The van der Waals surface area contributed by atoms with Gasteiger partial charge in [-0.2, -0.15) is 0 Å². The van der Waals surface area contributed by atoms with Gasteiger partial charge in [-0.05, 0) is 30.0 Å². The van der Waals surface area contributed by atoms with Crippen molar-refractivity contribution in [1.29, 1.82) is 0 Å². The molecule has 1 atom stereocenters. The van der Waals surface area contributed by atoms with Gasteiger partial charge in [-0.15, -0.1) is 0 Å².